The van der Waals surface area contributed by atoms with Crippen LogP contribution >= 0.6 is 0 Å². The first kappa shape index (κ1) is 35.0. The summed E-state index contributed by atoms with van der Waals surface area (Å²) in [4.78, 5) is 38.0. The van der Waals surface area contributed by atoms with E-state index in [2.05, 4.69) is 24.1 Å². The van der Waals surface area contributed by atoms with Gasteiger partial charge in [0.25, 0.3) is 5.56 Å². The van der Waals surface area contributed by atoms with Crippen molar-refractivity contribution in [3.8, 4) is 0 Å². The lowest BCUT2D eigenvalue weighted by Crippen LogP contribution is -2.38. The lowest BCUT2D eigenvalue weighted by atomic mass is 10.1. The first-order valence-corrected chi connectivity index (χ1v) is 16.0. The van der Waals surface area contributed by atoms with Gasteiger partial charge in [-0.25, -0.2) is 4.79 Å². The van der Waals surface area contributed by atoms with E-state index in [0.717, 1.165) is 23.8 Å². The SMILES string of the molecule is CCCCCCCCC=CCCCCCCCCCCCC(=O)OC[C@H]1O[C@@H](n2cc(C)c(=O)[nH]c2=O)[C@@H](O)[C@@H]1O. The van der Waals surface area contributed by atoms with Gasteiger partial charge in [-0.2, -0.15) is 0 Å². The molecule has 0 unspecified atom stereocenters. The van der Waals surface area contributed by atoms with E-state index in [9.17, 15) is 24.6 Å². The third kappa shape index (κ3) is 13.5. The van der Waals surface area contributed by atoms with Gasteiger partial charge >= 0.3 is 11.7 Å². The Kier molecular flexibility index (Phi) is 17.6. The summed E-state index contributed by atoms with van der Waals surface area (Å²) in [5, 5.41) is 20.6. The second-order valence-electron chi connectivity index (χ2n) is 11.5. The molecule has 0 aromatic carbocycles. The van der Waals surface area contributed by atoms with Crippen molar-refractivity contribution < 1.29 is 24.5 Å². The number of hydrogen-bond acceptors (Lipinski definition) is 7. The Morgan fingerprint density at radius 2 is 1.41 bits per heavy atom. The van der Waals surface area contributed by atoms with Crippen LogP contribution in [0.15, 0.2) is 27.9 Å². The quantitative estimate of drug-likeness (QED) is 0.0926. The van der Waals surface area contributed by atoms with Gasteiger partial charge in [0.2, 0.25) is 0 Å². The molecule has 1 aliphatic heterocycles. The molecular weight excluding hydrogens is 524 g/mol. The molecule has 1 fully saturated rings. The number of esters is 1. The highest BCUT2D eigenvalue weighted by molar-refractivity contribution is 5.69. The number of hydrogen-bond donors (Lipinski definition) is 3. The minimum Gasteiger partial charge on any atom is -0.463 e. The fourth-order valence-electron chi connectivity index (χ4n) is 5.17. The summed E-state index contributed by atoms with van der Waals surface area (Å²) in [5.41, 5.74) is -1.02. The van der Waals surface area contributed by atoms with Crippen molar-refractivity contribution in [2.45, 2.75) is 154 Å². The second kappa shape index (κ2) is 20.6. The molecule has 2 heterocycles. The van der Waals surface area contributed by atoms with Crippen LogP contribution < -0.4 is 11.2 Å². The number of aliphatic hydroxyl groups excluding tert-OH is 2. The first-order chi connectivity index (χ1) is 19.8. The fraction of sp³-hybridized carbons (Fsp3) is 0.781. The molecule has 1 saturated heterocycles. The summed E-state index contributed by atoms with van der Waals surface area (Å²) in [6, 6.07) is 0. The maximum absolute atomic E-state index is 12.1. The van der Waals surface area contributed by atoms with Crippen molar-refractivity contribution in [2.75, 3.05) is 6.61 Å². The van der Waals surface area contributed by atoms with E-state index in [4.69, 9.17) is 9.47 Å². The second-order valence-corrected chi connectivity index (χ2v) is 11.5. The van der Waals surface area contributed by atoms with Gasteiger partial charge in [-0.3, -0.25) is 19.1 Å². The monoisotopic (exact) mass is 578 g/mol. The molecule has 1 aromatic rings. The number of carbonyl (C=O) groups is 1. The minimum atomic E-state index is -1.40. The number of nitrogens with zero attached hydrogens (tertiary/aromatic N) is 1. The van der Waals surface area contributed by atoms with E-state index in [0.29, 0.717) is 6.42 Å². The number of aromatic nitrogens is 2. The van der Waals surface area contributed by atoms with Crippen molar-refractivity contribution in [3.63, 3.8) is 0 Å². The molecule has 41 heavy (non-hydrogen) atoms. The summed E-state index contributed by atoms with van der Waals surface area (Å²) in [6.07, 6.45) is 22.3. The Hall–Kier alpha value is -2.23. The minimum absolute atomic E-state index is 0.223. The number of rotatable bonds is 22. The molecule has 0 radical (unpaired) electrons. The van der Waals surface area contributed by atoms with E-state index >= 15 is 0 Å². The van der Waals surface area contributed by atoms with Gasteiger partial charge in [0.15, 0.2) is 6.23 Å². The Labute approximate surface area is 245 Å². The van der Waals surface area contributed by atoms with Gasteiger partial charge in [0.1, 0.15) is 24.9 Å². The number of aromatic amines is 1. The number of unbranched alkanes of at least 4 members (excludes halogenated alkanes) is 15. The zero-order valence-electron chi connectivity index (χ0n) is 25.4. The summed E-state index contributed by atoms with van der Waals surface area (Å²) in [5.74, 6) is -0.378. The van der Waals surface area contributed by atoms with Crippen molar-refractivity contribution in [1.82, 2.24) is 9.55 Å². The van der Waals surface area contributed by atoms with Crippen LogP contribution in [0, 0.1) is 6.92 Å². The molecule has 9 nitrogen and oxygen atoms in total. The molecule has 9 heteroatoms. The van der Waals surface area contributed by atoms with Gasteiger partial charge < -0.3 is 19.7 Å². The van der Waals surface area contributed by atoms with Crippen molar-refractivity contribution in [2.24, 2.45) is 0 Å². The molecule has 0 saturated carbocycles. The molecule has 1 aromatic heterocycles. The molecule has 1 aliphatic rings. The Morgan fingerprint density at radius 3 is 2.00 bits per heavy atom. The molecule has 0 aliphatic carbocycles. The van der Waals surface area contributed by atoms with Crippen LogP contribution in [0.3, 0.4) is 0 Å². The Balaban J connectivity index is 1.44. The fourth-order valence-corrected chi connectivity index (χ4v) is 5.17. The molecule has 0 bridgehead atoms. The normalized spacial score (nSPS) is 20.7. The van der Waals surface area contributed by atoms with E-state index in [1.165, 1.54) is 103 Å². The summed E-state index contributed by atoms with van der Waals surface area (Å²) in [6.45, 7) is 3.55. The third-order valence-electron chi connectivity index (χ3n) is 7.81. The predicted octanol–water partition coefficient (Wildman–Crippen LogP) is 5.61. The van der Waals surface area contributed by atoms with Gasteiger partial charge in [-0.05, 0) is 39.0 Å². The molecule has 2 rings (SSSR count). The Morgan fingerprint density at radius 1 is 0.878 bits per heavy atom. The highest BCUT2D eigenvalue weighted by Gasteiger charge is 2.44. The Bertz CT molecular complexity index is 1000. The molecule has 4 atom stereocenters. The summed E-state index contributed by atoms with van der Waals surface area (Å²) in [7, 11) is 0. The standard InChI is InChI=1S/C32H54N2O7/c1-3-4-5-6-7-8-9-10-11-12-13-14-15-16-17-18-19-20-21-22-27(35)40-24-26-28(36)29(37)31(41-26)34-23-25(2)30(38)33-32(34)39/h10-11,23,26,28-29,31,36-37H,3-9,12-22,24H2,1-2H3,(H,33,38,39)/t26-,28-,29+,31-/m1/s1. The third-order valence-corrected chi connectivity index (χ3v) is 7.81. The maximum atomic E-state index is 12.1. The highest BCUT2D eigenvalue weighted by atomic mass is 16.6. The topological polar surface area (TPSA) is 131 Å². The zero-order chi connectivity index (χ0) is 29.9. The highest BCUT2D eigenvalue weighted by Crippen LogP contribution is 2.28. The lowest BCUT2D eigenvalue weighted by Gasteiger charge is -2.17. The molecule has 234 valence electrons. The average molecular weight is 579 g/mol. The van der Waals surface area contributed by atoms with E-state index < -0.39 is 35.8 Å². The molecule has 0 spiro atoms. The van der Waals surface area contributed by atoms with E-state index in [1.807, 2.05) is 0 Å². The average Bonchev–Trinajstić information content (AvgIpc) is 3.23. The number of carbonyl (C=O) groups excluding carboxylic acids is 1. The van der Waals surface area contributed by atoms with E-state index in [-0.39, 0.29) is 18.1 Å². The van der Waals surface area contributed by atoms with Crippen molar-refractivity contribution in [1.29, 1.82) is 0 Å². The predicted molar refractivity (Wildman–Crippen MR) is 161 cm³/mol. The van der Waals surface area contributed by atoms with Crippen LogP contribution in [-0.2, 0) is 14.3 Å². The number of ether oxygens (including phenoxy) is 2. The smallest absolute Gasteiger partial charge is 0.330 e. The van der Waals surface area contributed by atoms with Gasteiger partial charge in [-0.1, -0.05) is 96.1 Å². The number of aryl methyl sites for hydroxylation is 1. The number of H-pyrrole nitrogens is 1. The van der Waals surface area contributed by atoms with Crippen molar-refractivity contribution in [3.05, 3.63) is 44.8 Å². The van der Waals surface area contributed by atoms with Crippen LogP contribution in [0.4, 0.5) is 0 Å². The van der Waals surface area contributed by atoms with Crippen LogP contribution in [0.1, 0.15) is 134 Å². The molecule has 0 amide bonds. The molecule has 3 N–H and O–H groups in total. The number of nitrogens with one attached hydrogen (secondary N) is 1. The number of allylic oxidation sites excluding steroid dienone is 2. The van der Waals surface area contributed by atoms with Gasteiger partial charge in [0, 0.05) is 18.2 Å². The van der Waals surface area contributed by atoms with E-state index in [1.54, 1.807) is 0 Å². The molecular formula is C32H54N2O7. The lowest BCUT2D eigenvalue weighted by molar-refractivity contribution is -0.150. The summed E-state index contributed by atoms with van der Waals surface area (Å²) < 4.78 is 11.9. The van der Waals surface area contributed by atoms with Crippen LogP contribution in [0.5, 0.6) is 0 Å². The van der Waals surface area contributed by atoms with Gasteiger partial charge in [0.05, 0.1) is 0 Å². The number of aliphatic hydroxyl groups is 2. The van der Waals surface area contributed by atoms with Crippen LogP contribution in [0.2, 0.25) is 0 Å². The van der Waals surface area contributed by atoms with Crippen LogP contribution in [-0.4, -0.2) is 50.7 Å². The zero-order valence-corrected chi connectivity index (χ0v) is 25.4. The maximum Gasteiger partial charge on any atom is 0.330 e. The largest absolute Gasteiger partial charge is 0.463 e. The summed E-state index contributed by atoms with van der Waals surface area (Å²) >= 11 is 0. The van der Waals surface area contributed by atoms with Crippen molar-refractivity contribution >= 4 is 5.97 Å². The van der Waals surface area contributed by atoms with Gasteiger partial charge in [-0.15, -0.1) is 0 Å². The first-order valence-electron chi connectivity index (χ1n) is 16.0. The van der Waals surface area contributed by atoms with Crippen LogP contribution in [0.25, 0.3) is 0 Å².